The third-order valence-corrected chi connectivity index (χ3v) is 2.40. The van der Waals surface area contributed by atoms with E-state index < -0.39 is 6.04 Å². The highest BCUT2D eigenvalue weighted by molar-refractivity contribution is 5.84. The van der Waals surface area contributed by atoms with Crippen LogP contribution < -0.4 is 10.6 Å². The summed E-state index contributed by atoms with van der Waals surface area (Å²) >= 11 is 0. The van der Waals surface area contributed by atoms with Crippen molar-refractivity contribution in [1.82, 2.24) is 5.32 Å². The highest BCUT2D eigenvalue weighted by atomic mass is 19.1. The SMILES string of the molecule is Cc1ccc(F)cc1NC(C)C(=O)NC(C)C. The molecule has 3 nitrogen and oxygen atoms in total. The maximum Gasteiger partial charge on any atom is 0.242 e. The normalized spacial score (nSPS) is 12.4. The number of rotatable bonds is 4. The van der Waals surface area contributed by atoms with E-state index in [1.165, 1.54) is 12.1 Å². The van der Waals surface area contributed by atoms with Gasteiger partial charge in [0.1, 0.15) is 11.9 Å². The van der Waals surface area contributed by atoms with Gasteiger partial charge >= 0.3 is 0 Å². The third-order valence-electron chi connectivity index (χ3n) is 2.40. The summed E-state index contributed by atoms with van der Waals surface area (Å²) in [5, 5.41) is 5.81. The van der Waals surface area contributed by atoms with Gasteiger partial charge < -0.3 is 10.6 Å². The van der Waals surface area contributed by atoms with Gasteiger partial charge in [-0.15, -0.1) is 0 Å². The van der Waals surface area contributed by atoms with Crippen LogP contribution in [0.15, 0.2) is 18.2 Å². The van der Waals surface area contributed by atoms with E-state index in [2.05, 4.69) is 10.6 Å². The molecule has 0 aromatic heterocycles. The van der Waals surface area contributed by atoms with Crippen molar-refractivity contribution in [2.75, 3.05) is 5.32 Å². The summed E-state index contributed by atoms with van der Waals surface area (Å²) in [6.45, 7) is 7.42. The molecule has 0 spiro atoms. The van der Waals surface area contributed by atoms with Gasteiger partial charge in [-0.25, -0.2) is 4.39 Å². The van der Waals surface area contributed by atoms with Crippen molar-refractivity contribution >= 4 is 11.6 Å². The first-order chi connectivity index (χ1) is 7.90. The molecule has 0 heterocycles. The summed E-state index contributed by atoms with van der Waals surface area (Å²) in [4.78, 5) is 11.7. The molecular formula is C13H19FN2O. The number of halogens is 1. The standard InChI is InChI=1S/C13H19FN2O/c1-8(2)15-13(17)10(4)16-12-7-11(14)6-5-9(12)3/h5-8,10,16H,1-4H3,(H,15,17). The first-order valence-corrected chi connectivity index (χ1v) is 5.73. The zero-order valence-corrected chi connectivity index (χ0v) is 10.7. The van der Waals surface area contributed by atoms with Gasteiger partial charge in [-0.3, -0.25) is 4.79 Å². The Bertz CT molecular complexity index is 404. The second kappa shape index (κ2) is 5.66. The molecule has 2 N–H and O–H groups in total. The second-order valence-corrected chi connectivity index (χ2v) is 4.49. The molecule has 0 aliphatic heterocycles. The fourth-order valence-corrected chi connectivity index (χ4v) is 1.46. The summed E-state index contributed by atoms with van der Waals surface area (Å²) < 4.78 is 13.1. The number of aryl methyl sites for hydroxylation is 1. The largest absolute Gasteiger partial charge is 0.374 e. The van der Waals surface area contributed by atoms with E-state index in [-0.39, 0.29) is 17.8 Å². The Labute approximate surface area is 101 Å². The zero-order valence-electron chi connectivity index (χ0n) is 10.7. The summed E-state index contributed by atoms with van der Waals surface area (Å²) in [6, 6.07) is 4.19. The molecule has 0 aliphatic carbocycles. The molecule has 1 amide bonds. The van der Waals surface area contributed by atoms with Crippen LogP contribution in [-0.4, -0.2) is 18.0 Å². The van der Waals surface area contributed by atoms with Crippen LogP contribution >= 0.6 is 0 Å². The van der Waals surface area contributed by atoms with Gasteiger partial charge in [0.25, 0.3) is 0 Å². The zero-order chi connectivity index (χ0) is 13.0. The minimum absolute atomic E-state index is 0.0938. The predicted octanol–water partition coefficient (Wildman–Crippen LogP) is 2.46. The summed E-state index contributed by atoms with van der Waals surface area (Å²) in [5.41, 5.74) is 1.56. The van der Waals surface area contributed by atoms with Gasteiger partial charge in [-0.2, -0.15) is 0 Å². The van der Waals surface area contributed by atoms with Gasteiger partial charge in [0.2, 0.25) is 5.91 Å². The number of carbonyl (C=O) groups excluding carboxylic acids is 1. The van der Waals surface area contributed by atoms with Crippen molar-refractivity contribution in [3.8, 4) is 0 Å². The maximum atomic E-state index is 13.1. The average Bonchev–Trinajstić information content (AvgIpc) is 2.22. The molecule has 17 heavy (non-hydrogen) atoms. The number of anilines is 1. The van der Waals surface area contributed by atoms with E-state index in [9.17, 15) is 9.18 Å². The number of amides is 1. The molecule has 94 valence electrons. The fraction of sp³-hybridized carbons (Fsp3) is 0.462. The Balaban J connectivity index is 2.70. The van der Waals surface area contributed by atoms with Crippen molar-refractivity contribution < 1.29 is 9.18 Å². The van der Waals surface area contributed by atoms with Crippen LogP contribution in [0.25, 0.3) is 0 Å². The van der Waals surface area contributed by atoms with Crippen LogP contribution in [0, 0.1) is 12.7 Å². The molecule has 0 bridgehead atoms. The molecule has 1 unspecified atom stereocenters. The minimum atomic E-state index is -0.391. The molecule has 0 aliphatic rings. The molecule has 0 saturated heterocycles. The summed E-state index contributed by atoms with van der Waals surface area (Å²) in [7, 11) is 0. The molecule has 1 atom stereocenters. The molecule has 4 heteroatoms. The van der Waals surface area contributed by atoms with Crippen molar-refractivity contribution in [1.29, 1.82) is 0 Å². The molecule has 0 saturated carbocycles. The van der Waals surface area contributed by atoms with Crippen LogP contribution in [0.2, 0.25) is 0 Å². The van der Waals surface area contributed by atoms with Crippen LogP contribution in [0.3, 0.4) is 0 Å². The van der Waals surface area contributed by atoms with Gasteiger partial charge in [0.05, 0.1) is 0 Å². The maximum absolute atomic E-state index is 13.1. The fourth-order valence-electron chi connectivity index (χ4n) is 1.46. The third kappa shape index (κ3) is 4.06. The Morgan fingerprint density at radius 2 is 1.94 bits per heavy atom. The molecule has 1 aromatic rings. The van der Waals surface area contributed by atoms with Crippen molar-refractivity contribution in [3.63, 3.8) is 0 Å². The minimum Gasteiger partial charge on any atom is -0.374 e. The molecule has 0 fully saturated rings. The lowest BCUT2D eigenvalue weighted by molar-refractivity contribution is -0.122. The van der Waals surface area contributed by atoms with Crippen molar-refractivity contribution in [2.24, 2.45) is 0 Å². The lowest BCUT2D eigenvalue weighted by Gasteiger charge is -2.18. The molecule has 1 rings (SSSR count). The second-order valence-electron chi connectivity index (χ2n) is 4.49. The lowest BCUT2D eigenvalue weighted by atomic mass is 10.1. The first-order valence-electron chi connectivity index (χ1n) is 5.73. The Morgan fingerprint density at radius 1 is 1.29 bits per heavy atom. The molecular weight excluding hydrogens is 219 g/mol. The van der Waals surface area contributed by atoms with Crippen LogP contribution in [0.1, 0.15) is 26.3 Å². The predicted molar refractivity (Wildman–Crippen MR) is 67.5 cm³/mol. The smallest absolute Gasteiger partial charge is 0.242 e. The quantitative estimate of drug-likeness (QED) is 0.846. The Hall–Kier alpha value is -1.58. The van der Waals surface area contributed by atoms with E-state index in [4.69, 9.17) is 0 Å². The Kier molecular flexibility index (Phi) is 4.49. The van der Waals surface area contributed by atoms with E-state index in [0.29, 0.717) is 5.69 Å². The van der Waals surface area contributed by atoms with E-state index in [0.717, 1.165) is 5.56 Å². The van der Waals surface area contributed by atoms with E-state index in [1.54, 1.807) is 13.0 Å². The highest BCUT2D eigenvalue weighted by Crippen LogP contribution is 2.16. The summed E-state index contributed by atoms with van der Waals surface area (Å²) in [5.74, 6) is -0.404. The summed E-state index contributed by atoms with van der Waals surface area (Å²) in [6.07, 6.45) is 0. The van der Waals surface area contributed by atoms with Gasteiger partial charge in [-0.05, 0) is 45.4 Å². The van der Waals surface area contributed by atoms with Crippen LogP contribution in [0.4, 0.5) is 10.1 Å². The molecule has 1 aromatic carbocycles. The highest BCUT2D eigenvalue weighted by Gasteiger charge is 2.14. The van der Waals surface area contributed by atoms with Crippen LogP contribution in [-0.2, 0) is 4.79 Å². The van der Waals surface area contributed by atoms with E-state index >= 15 is 0 Å². The van der Waals surface area contributed by atoms with Crippen molar-refractivity contribution in [2.45, 2.75) is 39.8 Å². The molecule has 0 radical (unpaired) electrons. The topological polar surface area (TPSA) is 41.1 Å². The monoisotopic (exact) mass is 238 g/mol. The number of benzene rings is 1. The Morgan fingerprint density at radius 3 is 2.53 bits per heavy atom. The lowest BCUT2D eigenvalue weighted by Crippen LogP contribution is -2.41. The van der Waals surface area contributed by atoms with Gasteiger partial charge in [0, 0.05) is 11.7 Å². The van der Waals surface area contributed by atoms with Crippen molar-refractivity contribution in [3.05, 3.63) is 29.6 Å². The van der Waals surface area contributed by atoms with Crippen LogP contribution in [0.5, 0.6) is 0 Å². The average molecular weight is 238 g/mol. The van der Waals surface area contributed by atoms with Gasteiger partial charge in [0.15, 0.2) is 0 Å². The number of nitrogens with one attached hydrogen (secondary N) is 2. The first kappa shape index (κ1) is 13.5. The number of hydrogen-bond donors (Lipinski definition) is 2. The number of carbonyl (C=O) groups is 1. The number of hydrogen-bond acceptors (Lipinski definition) is 2. The van der Waals surface area contributed by atoms with E-state index in [1.807, 2.05) is 20.8 Å². The van der Waals surface area contributed by atoms with Gasteiger partial charge in [-0.1, -0.05) is 6.07 Å².